The number of aliphatic hydroxyl groups is 1. The van der Waals surface area contributed by atoms with E-state index in [9.17, 15) is 14.7 Å². The van der Waals surface area contributed by atoms with Gasteiger partial charge >= 0.3 is 5.97 Å². The number of benzene rings is 1. The van der Waals surface area contributed by atoms with Crippen LogP contribution in [0.15, 0.2) is 24.3 Å². The average Bonchev–Trinajstić information content (AvgIpc) is 3.31. The molecule has 2 rings (SSSR count). The summed E-state index contributed by atoms with van der Waals surface area (Å²) in [6.07, 6.45) is 2.45. The number of carbonyl (C=O) groups excluding carboxylic acids is 2. The topological polar surface area (TPSA) is 75.6 Å². The lowest BCUT2D eigenvalue weighted by atomic mass is 10.1. The van der Waals surface area contributed by atoms with Gasteiger partial charge in [0.2, 0.25) is 0 Å². The molecule has 0 heterocycles. The summed E-state index contributed by atoms with van der Waals surface area (Å²) < 4.78 is 4.59. The minimum absolute atomic E-state index is 0.204. The van der Waals surface area contributed by atoms with Crippen molar-refractivity contribution in [2.75, 3.05) is 13.7 Å². The molecule has 0 radical (unpaired) electrons. The van der Waals surface area contributed by atoms with Crippen molar-refractivity contribution in [3.05, 3.63) is 35.4 Å². The number of nitrogens with one attached hydrogen (secondary N) is 1. The first-order chi connectivity index (χ1) is 9.61. The van der Waals surface area contributed by atoms with Crippen LogP contribution >= 0.6 is 0 Å². The van der Waals surface area contributed by atoms with Crippen molar-refractivity contribution in [2.24, 2.45) is 5.92 Å². The summed E-state index contributed by atoms with van der Waals surface area (Å²) in [7, 11) is 1.31. The van der Waals surface area contributed by atoms with Crippen LogP contribution < -0.4 is 5.32 Å². The molecular weight excluding hydrogens is 258 g/mol. The third-order valence-corrected chi connectivity index (χ3v) is 3.46. The fraction of sp³-hybridized carbons (Fsp3) is 0.467. The summed E-state index contributed by atoms with van der Waals surface area (Å²) in [5, 5.41) is 12.5. The Kier molecular flexibility index (Phi) is 4.74. The van der Waals surface area contributed by atoms with Crippen LogP contribution in [0.5, 0.6) is 0 Å². The van der Waals surface area contributed by atoms with E-state index < -0.39 is 5.97 Å². The number of methoxy groups -OCH3 is 1. The van der Waals surface area contributed by atoms with E-state index in [1.54, 1.807) is 24.3 Å². The fourth-order valence-electron chi connectivity index (χ4n) is 2.03. The predicted octanol–water partition coefficient (Wildman–Crippen LogP) is 1.36. The standard InChI is InChI=1S/C15H19NO4/c1-20-15(19)12-6-4-11(5-7-12)14(18)16-9-8-13(17)10-2-3-10/h4-7,10,13,17H,2-3,8-9H2,1H3,(H,16,18)/t13-/m0/s1. The number of amides is 1. The van der Waals surface area contributed by atoms with Crippen LogP contribution in [0.3, 0.4) is 0 Å². The second kappa shape index (κ2) is 6.52. The lowest BCUT2D eigenvalue weighted by molar-refractivity contribution is 0.0600. The Morgan fingerprint density at radius 1 is 1.30 bits per heavy atom. The van der Waals surface area contributed by atoms with Crippen molar-refractivity contribution >= 4 is 11.9 Å². The van der Waals surface area contributed by atoms with E-state index >= 15 is 0 Å². The monoisotopic (exact) mass is 277 g/mol. The van der Waals surface area contributed by atoms with E-state index in [0.717, 1.165) is 12.8 Å². The molecule has 2 N–H and O–H groups in total. The molecule has 0 aromatic heterocycles. The molecule has 0 saturated heterocycles. The molecule has 20 heavy (non-hydrogen) atoms. The second-order valence-electron chi connectivity index (χ2n) is 5.02. The molecule has 108 valence electrons. The third-order valence-electron chi connectivity index (χ3n) is 3.46. The first kappa shape index (κ1) is 14.5. The predicted molar refractivity (Wildman–Crippen MR) is 73.5 cm³/mol. The fourth-order valence-corrected chi connectivity index (χ4v) is 2.03. The summed E-state index contributed by atoms with van der Waals surface area (Å²) >= 11 is 0. The normalized spacial score (nSPS) is 15.5. The Morgan fingerprint density at radius 2 is 1.90 bits per heavy atom. The van der Waals surface area contributed by atoms with Gasteiger partial charge in [0, 0.05) is 12.1 Å². The van der Waals surface area contributed by atoms with Crippen LogP contribution in [-0.2, 0) is 4.74 Å². The van der Waals surface area contributed by atoms with Gasteiger partial charge in [-0.1, -0.05) is 0 Å². The summed E-state index contributed by atoms with van der Waals surface area (Å²) in [5.74, 6) is -0.208. The number of ether oxygens (including phenoxy) is 1. The molecule has 1 fully saturated rings. The quantitative estimate of drug-likeness (QED) is 0.770. The number of rotatable bonds is 6. The Hall–Kier alpha value is -1.88. The van der Waals surface area contributed by atoms with E-state index in [4.69, 9.17) is 0 Å². The summed E-state index contributed by atoms with van der Waals surface area (Å²) in [6, 6.07) is 6.28. The van der Waals surface area contributed by atoms with Gasteiger partial charge in [-0.15, -0.1) is 0 Å². The summed E-state index contributed by atoms with van der Waals surface area (Å²) in [4.78, 5) is 23.1. The maximum atomic E-state index is 11.9. The molecule has 1 aliphatic rings. The van der Waals surface area contributed by atoms with Crippen molar-refractivity contribution in [3.63, 3.8) is 0 Å². The van der Waals surface area contributed by atoms with Crippen molar-refractivity contribution in [1.29, 1.82) is 0 Å². The smallest absolute Gasteiger partial charge is 0.337 e. The highest BCUT2D eigenvalue weighted by molar-refractivity contribution is 5.96. The number of hydrogen-bond donors (Lipinski definition) is 2. The van der Waals surface area contributed by atoms with E-state index in [0.29, 0.717) is 30.0 Å². The van der Waals surface area contributed by atoms with Crippen LogP contribution in [0.1, 0.15) is 40.0 Å². The molecule has 1 aromatic carbocycles. The molecule has 0 bridgehead atoms. The lowest BCUT2D eigenvalue weighted by Crippen LogP contribution is -2.27. The zero-order valence-corrected chi connectivity index (χ0v) is 11.5. The Labute approximate surface area is 117 Å². The van der Waals surface area contributed by atoms with Crippen LogP contribution in [0.25, 0.3) is 0 Å². The minimum atomic E-state index is -0.426. The first-order valence-corrected chi connectivity index (χ1v) is 6.76. The number of hydrogen-bond acceptors (Lipinski definition) is 4. The van der Waals surface area contributed by atoms with Crippen molar-refractivity contribution in [3.8, 4) is 0 Å². The molecule has 1 aliphatic carbocycles. The van der Waals surface area contributed by atoms with Gasteiger partial charge in [0.15, 0.2) is 0 Å². The van der Waals surface area contributed by atoms with E-state index in [-0.39, 0.29) is 12.0 Å². The first-order valence-electron chi connectivity index (χ1n) is 6.76. The molecule has 0 aliphatic heterocycles. The summed E-state index contributed by atoms with van der Waals surface area (Å²) in [5.41, 5.74) is 0.895. The molecule has 5 nitrogen and oxygen atoms in total. The molecule has 1 amide bonds. The van der Waals surface area contributed by atoms with Gasteiger partial charge in [0.1, 0.15) is 0 Å². The number of carbonyl (C=O) groups is 2. The molecular formula is C15H19NO4. The SMILES string of the molecule is COC(=O)c1ccc(C(=O)NCC[C@H](O)C2CC2)cc1. The molecule has 1 saturated carbocycles. The van der Waals surface area contributed by atoms with Gasteiger partial charge in [0.05, 0.1) is 18.8 Å². The van der Waals surface area contributed by atoms with Gasteiger partial charge in [-0.2, -0.15) is 0 Å². The van der Waals surface area contributed by atoms with E-state index in [1.165, 1.54) is 7.11 Å². The molecule has 0 spiro atoms. The molecule has 1 atom stereocenters. The van der Waals surface area contributed by atoms with E-state index in [1.807, 2.05) is 0 Å². The van der Waals surface area contributed by atoms with Gasteiger partial charge in [-0.3, -0.25) is 4.79 Å². The highest BCUT2D eigenvalue weighted by Crippen LogP contribution is 2.33. The zero-order valence-electron chi connectivity index (χ0n) is 11.5. The van der Waals surface area contributed by atoms with Crippen LogP contribution in [0.4, 0.5) is 0 Å². The van der Waals surface area contributed by atoms with Crippen LogP contribution in [0.2, 0.25) is 0 Å². The summed E-state index contributed by atoms with van der Waals surface area (Å²) in [6.45, 7) is 0.454. The van der Waals surface area contributed by atoms with Crippen LogP contribution in [0, 0.1) is 5.92 Å². The largest absolute Gasteiger partial charge is 0.465 e. The second-order valence-corrected chi connectivity index (χ2v) is 5.02. The Balaban J connectivity index is 1.81. The van der Waals surface area contributed by atoms with Gasteiger partial charge in [-0.25, -0.2) is 4.79 Å². The van der Waals surface area contributed by atoms with Crippen molar-refractivity contribution < 1.29 is 19.4 Å². The molecule has 0 unspecified atom stereocenters. The van der Waals surface area contributed by atoms with Crippen LogP contribution in [-0.4, -0.2) is 36.7 Å². The van der Waals surface area contributed by atoms with Gasteiger partial charge in [-0.05, 0) is 49.4 Å². The maximum Gasteiger partial charge on any atom is 0.337 e. The van der Waals surface area contributed by atoms with E-state index in [2.05, 4.69) is 10.1 Å². The highest BCUT2D eigenvalue weighted by atomic mass is 16.5. The number of esters is 1. The van der Waals surface area contributed by atoms with Crippen molar-refractivity contribution in [2.45, 2.75) is 25.4 Å². The highest BCUT2D eigenvalue weighted by Gasteiger charge is 2.29. The number of aliphatic hydroxyl groups excluding tert-OH is 1. The van der Waals surface area contributed by atoms with Gasteiger partial charge in [0.25, 0.3) is 5.91 Å². The zero-order chi connectivity index (χ0) is 14.5. The van der Waals surface area contributed by atoms with Crippen molar-refractivity contribution in [1.82, 2.24) is 5.32 Å². The lowest BCUT2D eigenvalue weighted by Gasteiger charge is -2.10. The Bertz CT molecular complexity index is 479. The maximum absolute atomic E-state index is 11.9. The minimum Gasteiger partial charge on any atom is -0.465 e. The molecule has 1 aromatic rings. The molecule has 5 heteroatoms. The Morgan fingerprint density at radius 3 is 2.45 bits per heavy atom. The third kappa shape index (κ3) is 3.81. The van der Waals surface area contributed by atoms with Gasteiger partial charge < -0.3 is 15.2 Å². The average molecular weight is 277 g/mol.